The second kappa shape index (κ2) is 12.7. The smallest absolute Gasteiger partial charge is 0.343 e. The molecular weight excluding hydrogens is 548 g/mol. The second-order valence-electron chi connectivity index (χ2n) is 8.26. The van der Waals surface area contributed by atoms with E-state index in [2.05, 4.69) is 26.5 Å². The van der Waals surface area contributed by atoms with Gasteiger partial charge in [0.2, 0.25) is 0 Å². The van der Waals surface area contributed by atoms with Crippen LogP contribution in [0.15, 0.2) is 101 Å². The van der Waals surface area contributed by atoms with E-state index in [1.54, 1.807) is 24.3 Å². The second-order valence-corrected chi connectivity index (χ2v) is 9.12. The maximum absolute atomic E-state index is 12.5. The Balaban J connectivity index is 1.32. The van der Waals surface area contributed by atoms with Crippen molar-refractivity contribution in [2.75, 3.05) is 13.7 Å². The molecule has 4 aromatic carbocycles. The molecular formula is C30H25BrN2O5. The molecule has 0 atom stereocenters. The van der Waals surface area contributed by atoms with Crippen molar-refractivity contribution in [3.05, 3.63) is 112 Å². The fraction of sp³-hybridized carbons (Fsp3) is 0.100. The Hall–Kier alpha value is -4.43. The van der Waals surface area contributed by atoms with Gasteiger partial charge in [-0.2, -0.15) is 5.10 Å². The molecule has 8 heteroatoms. The average Bonchev–Trinajstić information content (AvgIpc) is 2.94. The summed E-state index contributed by atoms with van der Waals surface area (Å²) in [5, 5.41) is 3.98. The molecule has 0 aliphatic carbocycles. The van der Waals surface area contributed by atoms with E-state index in [1.165, 1.54) is 13.3 Å². The lowest BCUT2D eigenvalue weighted by molar-refractivity contribution is -0.123. The van der Waals surface area contributed by atoms with Crippen molar-refractivity contribution in [3.63, 3.8) is 0 Å². The minimum Gasteiger partial charge on any atom is -0.493 e. The van der Waals surface area contributed by atoms with Gasteiger partial charge in [-0.15, -0.1) is 0 Å². The highest BCUT2D eigenvalue weighted by Crippen LogP contribution is 2.37. The zero-order valence-corrected chi connectivity index (χ0v) is 22.4. The molecule has 4 rings (SSSR count). The Morgan fingerprint density at radius 1 is 0.921 bits per heavy atom. The van der Waals surface area contributed by atoms with Gasteiger partial charge < -0.3 is 14.2 Å². The fourth-order valence-electron chi connectivity index (χ4n) is 3.49. The van der Waals surface area contributed by atoms with E-state index in [0.29, 0.717) is 27.1 Å². The summed E-state index contributed by atoms with van der Waals surface area (Å²) in [7, 11) is 1.47. The quantitative estimate of drug-likeness (QED) is 0.112. The number of rotatable bonds is 9. The van der Waals surface area contributed by atoms with E-state index in [9.17, 15) is 9.59 Å². The number of methoxy groups -OCH3 is 1. The van der Waals surface area contributed by atoms with E-state index in [-0.39, 0.29) is 12.4 Å². The van der Waals surface area contributed by atoms with Gasteiger partial charge in [0.1, 0.15) is 5.75 Å². The molecule has 0 spiro atoms. The number of benzene rings is 4. The zero-order valence-electron chi connectivity index (χ0n) is 20.8. The predicted molar refractivity (Wildman–Crippen MR) is 150 cm³/mol. The zero-order chi connectivity index (χ0) is 26.9. The largest absolute Gasteiger partial charge is 0.493 e. The lowest BCUT2D eigenvalue weighted by atomic mass is 10.1. The highest BCUT2D eigenvalue weighted by Gasteiger charge is 2.17. The topological polar surface area (TPSA) is 86.2 Å². The van der Waals surface area contributed by atoms with Crippen LogP contribution in [-0.4, -0.2) is 31.8 Å². The third-order valence-electron chi connectivity index (χ3n) is 5.47. The summed E-state index contributed by atoms with van der Waals surface area (Å²) in [6, 6.07) is 27.9. The first-order valence-corrected chi connectivity index (χ1v) is 12.5. The molecule has 0 heterocycles. The van der Waals surface area contributed by atoms with E-state index < -0.39 is 11.9 Å². The van der Waals surface area contributed by atoms with Crippen molar-refractivity contribution in [1.29, 1.82) is 0 Å². The van der Waals surface area contributed by atoms with Crippen LogP contribution in [0.2, 0.25) is 0 Å². The maximum atomic E-state index is 12.5. The first kappa shape index (κ1) is 26.6. The van der Waals surface area contributed by atoms with Crippen LogP contribution >= 0.6 is 15.9 Å². The van der Waals surface area contributed by atoms with Crippen LogP contribution in [0.4, 0.5) is 0 Å². The number of ether oxygens (including phenoxy) is 3. The molecule has 0 saturated carbocycles. The molecule has 0 unspecified atom stereocenters. The summed E-state index contributed by atoms with van der Waals surface area (Å²) in [5.41, 5.74) is 6.67. The number of hydrogen-bond acceptors (Lipinski definition) is 6. The lowest BCUT2D eigenvalue weighted by Gasteiger charge is -2.12. The Bertz CT molecular complexity index is 1440. The average molecular weight is 573 g/mol. The number of carbonyl (C=O) groups is 2. The van der Waals surface area contributed by atoms with Gasteiger partial charge in [-0.25, -0.2) is 10.2 Å². The number of nitrogens with zero attached hydrogens (tertiary/aromatic N) is 1. The summed E-state index contributed by atoms with van der Waals surface area (Å²) < 4.78 is 17.0. The molecule has 0 fully saturated rings. The monoisotopic (exact) mass is 572 g/mol. The highest BCUT2D eigenvalue weighted by atomic mass is 79.9. The van der Waals surface area contributed by atoms with Crippen molar-refractivity contribution in [2.24, 2.45) is 5.10 Å². The number of esters is 1. The molecule has 4 aromatic rings. The SMILES string of the molecule is COc1cc(C=NNC(=O)COc2ccc(-c3ccccc3)cc2)cc(Br)c1OC(=O)c1ccc(C)cc1. The Morgan fingerprint density at radius 3 is 2.29 bits per heavy atom. The molecule has 7 nitrogen and oxygen atoms in total. The molecule has 1 amide bonds. The highest BCUT2D eigenvalue weighted by molar-refractivity contribution is 9.10. The number of amides is 1. The number of nitrogens with one attached hydrogen (secondary N) is 1. The molecule has 0 aliphatic heterocycles. The van der Waals surface area contributed by atoms with Crippen LogP contribution in [0.5, 0.6) is 17.2 Å². The van der Waals surface area contributed by atoms with Gasteiger partial charge in [0, 0.05) is 0 Å². The molecule has 192 valence electrons. The van der Waals surface area contributed by atoms with Crippen LogP contribution in [0.3, 0.4) is 0 Å². The Morgan fingerprint density at radius 2 is 1.61 bits per heavy atom. The maximum Gasteiger partial charge on any atom is 0.343 e. The van der Waals surface area contributed by atoms with E-state index in [4.69, 9.17) is 14.2 Å². The Labute approximate surface area is 229 Å². The van der Waals surface area contributed by atoms with Gasteiger partial charge in [0.25, 0.3) is 5.91 Å². The summed E-state index contributed by atoms with van der Waals surface area (Å²) in [4.78, 5) is 24.7. The molecule has 0 radical (unpaired) electrons. The fourth-order valence-corrected chi connectivity index (χ4v) is 4.03. The van der Waals surface area contributed by atoms with Crippen molar-refractivity contribution in [2.45, 2.75) is 6.92 Å². The van der Waals surface area contributed by atoms with E-state index in [1.807, 2.05) is 73.7 Å². The van der Waals surface area contributed by atoms with Crippen molar-refractivity contribution in [3.8, 4) is 28.4 Å². The van der Waals surface area contributed by atoms with Crippen molar-refractivity contribution in [1.82, 2.24) is 5.43 Å². The number of carbonyl (C=O) groups excluding carboxylic acids is 2. The first-order valence-electron chi connectivity index (χ1n) is 11.7. The van der Waals surface area contributed by atoms with Crippen LogP contribution in [-0.2, 0) is 4.79 Å². The van der Waals surface area contributed by atoms with Gasteiger partial charge in [-0.05, 0) is 75.9 Å². The predicted octanol–water partition coefficient (Wildman–Crippen LogP) is 6.18. The van der Waals surface area contributed by atoms with E-state index in [0.717, 1.165) is 16.7 Å². The van der Waals surface area contributed by atoms with Gasteiger partial charge in [0.05, 0.1) is 23.4 Å². The number of hydrogen-bond donors (Lipinski definition) is 1. The van der Waals surface area contributed by atoms with Crippen molar-refractivity contribution < 1.29 is 23.8 Å². The van der Waals surface area contributed by atoms with Crippen molar-refractivity contribution >= 4 is 34.0 Å². The summed E-state index contributed by atoms with van der Waals surface area (Å²) in [6.45, 7) is 1.75. The molecule has 0 saturated heterocycles. The number of hydrazone groups is 1. The number of halogens is 1. The molecule has 1 N–H and O–H groups in total. The summed E-state index contributed by atoms with van der Waals surface area (Å²) in [5.74, 6) is 0.226. The van der Waals surface area contributed by atoms with E-state index >= 15 is 0 Å². The van der Waals surface area contributed by atoms with Crippen LogP contribution in [0, 0.1) is 6.92 Å². The molecule has 38 heavy (non-hydrogen) atoms. The van der Waals surface area contributed by atoms with Gasteiger partial charge in [-0.1, -0.05) is 60.2 Å². The van der Waals surface area contributed by atoms with Gasteiger partial charge in [-0.3, -0.25) is 4.79 Å². The molecule has 0 aromatic heterocycles. The van der Waals surface area contributed by atoms with Crippen LogP contribution in [0.25, 0.3) is 11.1 Å². The third-order valence-corrected chi connectivity index (χ3v) is 6.06. The molecule has 0 bridgehead atoms. The Kier molecular flexibility index (Phi) is 8.89. The minimum absolute atomic E-state index is 0.192. The van der Waals surface area contributed by atoms with Gasteiger partial charge in [0.15, 0.2) is 18.1 Å². The van der Waals surface area contributed by atoms with Gasteiger partial charge >= 0.3 is 5.97 Å². The molecule has 0 aliphatic rings. The lowest BCUT2D eigenvalue weighted by Crippen LogP contribution is -2.24. The normalized spacial score (nSPS) is 10.7. The number of aryl methyl sites for hydroxylation is 1. The van der Waals surface area contributed by atoms with Crippen LogP contribution < -0.4 is 19.6 Å². The third kappa shape index (κ3) is 7.08. The minimum atomic E-state index is -0.507. The van der Waals surface area contributed by atoms with Crippen LogP contribution in [0.1, 0.15) is 21.5 Å². The summed E-state index contributed by atoms with van der Waals surface area (Å²) >= 11 is 3.42. The standard InChI is InChI=1S/C30H25BrN2O5/c1-20-8-10-24(11-9-20)30(35)38-29-26(31)16-21(17-27(29)36-2)18-32-33-28(34)19-37-25-14-12-23(13-15-25)22-6-4-3-5-7-22/h3-18H,19H2,1-2H3,(H,33,34). The first-order chi connectivity index (χ1) is 18.4. The summed E-state index contributed by atoms with van der Waals surface area (Å²) in [6.07, 6.45) is 1.45.